The lowest BCUT2D eigenvalue weighted by atomic mass is 9.74. The molecule has 2 nitrogen and oxygen atoms in total. The standard InChI is InChI=1S/C16H16BrFN2/c17-13-6-3-7-14(18)16(13)15(20-19)9-11-8-10-4-1-2-5-12(10)11/h1-7,11,15,20H,8-9,19H2. The van der Waals surface area contributed by atoms with Crippen LogP contribution in [0.3, 0.4) is 0 Å². The van der Waals surface area contributed by atoms with Gasteiger partial charge in [0.25, 0.3) is 0 Å². The van der Waals surface area contributed by atoms with Gasteiger partial charge in [-0.05, 0) is 42.0 Å². The third-order valence-corrected chi connectivity index (χ3v) is 4.72. The van der Waals surface area contributed by atoms with Gasteiger partial charge in [-0.2, -0.15) is 0 Å². The third-order valence-electron chi connectivity index (χ3n) is 4.03. The molecule has 2 aromatic rings. The molecule has 3 N–H and O–H groups in total. The van der Waals surface area contributed by atoms with E-state index in [1.807, 2.05) is 6.07 Å². The molecule has 0 amide bonds. The van der Waals surface area contributed by atoms with Crippen LogP contribution in [0.25, 0.3) is 0 Å². The van der Waals surface area contributed by atoms with Crippen molar-refractivity contribution in [1.82, 2.24) is 5.43 Å². The molecule has 1 aliphatic carbocycles. The van der Waals surface area contributed by atoms with Crippen molar-refractivity contribution in [3.63, 3.8) is 0 Å². The Hall–Kier alpha value is -1.23. The first kappa shape index (κ1) is 13.7. The van der Waals surface area contributed by atoms with E-state index in [0.717, 1.165) is 17.3 Å². The minimum absolute atomic E-state index is 0.191. The number of hydrogen-bond donors (Lipinski definition) is 2. The molecule has 20 heavy (non-hydrogen) atoms. The summed E-state index contributed by atoms with van der Waals surface area (Å²) in [6.07, 6.45) is 1.84. The van der Waals surface area contributed by atoms with Crippen LogP contribution in [0.2, 0.25) is 0 Å². The zero-order valence-corrected chi connectivity index (χ0v) is 12.5. The monoisotopic (exact) mass is 334 g/mol. The largest absolute Gasteiger partial charge is 0.271 e. The van der Waals surface area contributed by atoms with Crippen LogP contribution in [0.4, 0.5) is 4.39 Å². The Labute approximate surface area is 126 Å². The molecule has 3 rings (SSSR count). The summed E-state index contributed by atoms with van der Waals surface area (Å²) in [7, 11) is 0. The summed E-state index contributed by atoms with van der Waals surface area (Å²) in [6.45, 7) is 0. The second-order valence-corrected chi connectivity index (χ2v) is 6.04. The number of halogens is 2. The van der Waals surface area contributed by atoms with Crippen LogP contribution < -0.4 is 11.3 Å². The minimum atomic E-state index is -0.227. The van der Waals surface area contributed by atoms with Crippen molar-refractivity contribution < 1.29 is 4.39 Å². The maximum atomic E-state index is 14.0. The number of hydrazine groups is 1. The summed E-state index contributed by atoms with van der Waals surface area (Å²) in [5, 5.41) is 0. The molecule has 0 aromatic heterocycles. The fourth-order valence-corrected chi connectivity index (χ4v) is 3.59. The zero-order valence-electron chi connectivity index (χ0n) is 10.9. The molecule has 1 aliphatic rings. The van der Waals surface area contributed by atoms with Gasteiger partial charge in [0.15, 0.2) is 0 Å². The van der Waals surface area contributed by atoms with Gasteiger partial charge in [-0.25, -0.2) is 4.39 Å². The van der Waals surface area contributed by atoms with Crippen LogP contribution in [0.1, 0.15) is 35.1 Å². The zero-order chi connectivity index (χ0) is 14.1. The first-order valence-corrected chi connectivity index (χ1v) is 7.48. The van der Waals surface area contributed by atoms with E-state index in [2.05, 4.69) is 45.6 Å². The average Bonchev–Trinajstić information content (AvgIpc) is 2.42. The average molecular weight is 335 g/mol. The van der Waals surface area contributed by atoms with Gasteiger partial charge in [0.1, 0.15) is 5.82 Å². The lowest BCUT2D eigenvalue weighted by Gasteiger charge is -2.33. The summed E-state index contributed by atoms with van der Waals surface area (Å²) >= 11 is 3.41. The molecule has 0 aliphatic heterocycles. The predicted octanol–water partition coefficient (Wildman–Crippen LogP) is 3.82. The molecule has 0 radical (unpaired) electrons. The van der Waals surface area contributed by atoms with Gasteiger partial charge in [0.05, 0.1) is 6.04 Å². The number of hydrogen-bond acceptors (Lipinski definition) is 2. The maximum Gasteiger partial charge on any atom is 0.129 e. The number of rotatable bonds is 4. The molecule has 0 bridgehead atoms. The number of fused-ring (bicyclic) bond motifs is 1. The fourth-order valence-electron chi connectivity index (χ4n) is 2.97. The van der Waals surface area contributed by atoms with E-state index in [-0.39, 0.29) is 11.9 Å². The van der Waals surface area contributed by atoms with Crippen molar-refractivity contribution in [2.24, 2.45) is 5.84 Å². The molecule has 0 saturated carbocycles. The normalized spacial score (nSPS) is 18.2. The second kappa shape index (κ2) is 5.64. The van der Waals surface area contributed by atoms with E-state index < -0.39 is 0 Å². The highest BCUT2D eigenvalue weighted by Gasteiger charge is 2.29. The van der Waals surface area contributed by atoms with Crippen molar-refractivity contribution in [3.8, 4) is 0 Å². The van der Waals surface area contributed by atoms with E-state index in [9.17, 15) is 4.39 Å². The molecule has 0 saturated heterocycles. The highest BCUT2D eigenvalue weighted by atomic mass is 79.9. The van der Waals surface area contributed by atoms with E-state index in [4.69, 9.17) is 5.84 Å². The lowest BCUT2D eigenvalue weighted by molar-refractivity contribution is 0.420. The summed E-state index contributed by atoms with van der Waals surface area (Å²) in [4.78, 5) is 0. The first-order chi connectivity index (χ1) is 9.70. The topological polar surface area (TPSA) is 38.0 Å². The Bertz CT molecular complexity index is 609. The molecule has 2 unspecified atom stereocenters. The van der Waals surface area contributed by atoms with Crippen LogP contribution in [0.15, 0.2) is 46.9 Å². The molecule has 2 aromatic carbocycles. The SMILES string of the molecule is NNC(CC1Cc2ccccc21)c1c(F)cccc1Br. The van der Waals surface area contributed by atoms with Gasteiger partial charge in [0.2, 0.25) is 0 Å². The van der Waals surface area contributed by atoms with E-state index in [1.165, 1.54) is 17.2 Å². The summed E-state index contributed by atoms with van der Waals surface area (Å²) < 4.78 is 14.8. The maximum absolute atomic E-state index is 14.0. The van der Waals surface area contributed by atoms with Crippen LogP contribution >= 0.6 is 15.9 Å². The van der Waals surface area contributed by atoms with Crippen molar-refractivity contribution in [2.45, 2.75) is 24.8 Å². The van der Waals surface area contributed by atoms with Crippen molar-refractivity contribution in [1.29, 1.82) is 0 Å². The molecule has 2 atom stereocenters. The van der Waals surface area contributed by atoms with Crippen LogP contribution in [0, 0.1) is 5.82 Å². The van der Waals surface area contributed by atoms with E-state index in [1.54, 1.807) is 6.07 Å². The molecule has 104 valence electrons. The Kier molecular flexibility index (Phi) is 3.87. The lowest BCUT2D eigenvalue weighted by Crippen LogP contribution is -2.32. The molecule has 0 spiro atoms. The van der Waals surface area contributed by atoms with Gasteiger partial charge in [-0.15, -0.1) is 0 Å². The van der Waals surface area contributed by atoms with Crippen molar-refractivity contribution in [3.05, 3.63) is 69.4 Å². The molecule has 0 heterocycles. The molecule has 4 heteroatoms. The Morgan fingerprint density at radius 3 is 2.75 bits per heavy atom. The number of nitrogens with one attached hydrogen (secondary N) is 1. The smallest absolute Gasteiger partial charge is 0.129 e. The summed E-state index contributed by atoms with van der Waals surface area (Å²) in [5.74, 6) is 5.87. The quantitative estimate of drug-likeness (QED) is 0.658. The van der Waals surface area contributed by atoms with Gasteiger partial charge in [0, 0.05) is 10.0 Å². The van der Waals surface area contributed by atoms with Crippen LogP contribution in [0.5, 0.6) is 0 Å². The molecule has 0 fully saturated rings. The van der Waals surface area contributed by atoms with Gasteiger partial charge < -0.3 is 0 Å². The highest BCUT2D eigenvalue weighted by Crippen LogP contribution is 2.41. The third kappa shape index (κ3) is 2.39. The van der Waals surface area contributed by atoms with E-state index in [0.29, 0.717) is 11.5 Å². The Morgan fingerprint density at radius 2 is 2.05 bits per heavy atom. The van der Waals surface area contributed by atoms with Crippen LogP contribution in [-0.2, 0) is 6.42 Å². The Balaban J connectivity index is 1.83. The predicted molar refractivity (Wildman–Crippen MR) is 81.7 cm³/mol. The summed E-state index contributed by atoms with van der Waals surface area (Å²) in [5.41, 5.74) is 6.12. The Morgan fingerprint density at radius 1 is 1.25 bits per heavy atom. The second-order valence-electron chi connectivity index (χ2n) is 5.19. The van der Waals surface area contributed by atoms with E-state index >= 15 is 0 Å². The first-order valence-electron chi connectivity index (χ1n) is 6.68. The van der Waals surface area contributed by atoms with Gasteiger partial charge >= 0.3 is 0 Å². The summed E-state index contributed by atoms with van der Waals surface area (Å²) in [6, 6.07) is 13.2. The molecular weight excluding hydrogens is 319 g/mol. The fraction of sp³-hybridized carbons (Fsp3) is 0.250. The van der Waals surface area contributed by atoms with Gasteiger partial charge in [-0.1, -0.05) is 46.3 Å². The highest BCUT2D eigenvalue weighted by molar-refractivity contribution is 9.10. The molecular formula is C16H16BrFN2. The minimum Gasteiger partial charge on any atom is -0.271 e. The number of benzene rings is 2. The van der Waals surface area contributed by atoms with Crippen molar-refractivity contribution in [2.75, 3.05) is 0 Å². The number of nitrogens with two attached hydrogens (primary N) is 1. The van der Waals surface area contributed by atoms with Crippen LogP contribution in [-0.4, -0.2) is 0 Å². The van der Waals surface area contributed by atoms with Crippen molar-refractivity contribution >= 4 is 15.9 Å². The van der Waals surface area contributed by atoms with Gasteiger partial charge in [-0.3, -0.25) is 11.3 Å².